The van der Waals surface area contributed by atoms with Crippen LogP contribution in [0.25, 0.3) is 0 Å². The molecule has 15 saturated heterocycles. The minimum Gasteiger partial charge on any atom is -0.416 e. The second kappa shape index (κ2) is 41.5. The molecule has 15 aliphatic heterocycles. The monoisotopic (exact) mass is 1740 g/mol. The smallest absolute Gasteiger partial charge is 0.383 e. The molecule has 121 heavy (non-hydrogen) atoms. The third kappa shape index (κ3) is 23.0. The first-order valence-electron chi connectivity index (χ1n) is 41.4. The number of urea groups is 5. The van der Waals surface area contributed by atoms with E-state index < -0.39 is 75.0 Å². The van der Waals surface area contributed by atoms with Crippen LogP contribution in [0.1, 0.15) is 128 Å². The number of hydrogen-bond donors (Lipinski definition) is 10. The molecule has 15 fully saturated rings. The normalized spacial score (nSPS) is 27.9. The average molecular weight is 1750 g/mol. The van der Waals surface area contributed by atoms with Gasteiger partial charge in [-0.05, 0) is 206 Å². The largest absolute Gasteiger partial charge is 0.416 e. The van der Waals surface area contributed by atoms with E-state index in [1.165, 1.54) is 42.0 Å². The number of carbonyl (C=O) groups is 14. The number of piperidine rings is 10. The number of amides is 15. The van der Waals surface area contributed by atoms with Crippen LogP contribution in [-0.4, -0.2) is 402 Å². The van der Waals surface area contributed by atoms with Gasteiger partial charge in [0.05, 0.1) is 48.9 Å². The predicted octanol–water partition coefficient (Wildman–Crippen LogP) is -3.72. The number of fused-ring (bicyclic) bond motifs is 10. The Labute approximate surface area is 709 Å². The highest BCUT2D eigenvalue weighted by Gasteiger charge is 2.55. The lowest BCUT2D eigenvalue weighted by atomic mass is 9.89. The Hall–Kier alpha value is -8.87. The lowest BCUT2D eigenvalue weighted by Gasteiger charge is -2.34. The number of nitrogens with zero attached hydrogens (tertiary/aromatic N) is 13. The Balaban J connectivity index is 0.000000140. The van der Waals surface area contributed by atoms with Crippen molar-refractivity contribution in [3.05, 3.63) is 30.3 Å². The minimum absolute atomic E-state index is 0.0386. The first-order chi connectivity index (χ1) is 58.0. The zero-order valence-electron chi connectivity index (χ0n) is 67.0. The number of hydroxylamine groups is 4. The highest BCUT2D eigenvalue weighted by molar-refractivity contribution is 7.84. The number of hydrogen-bond acceptors (Lipinski definition) is 27. The van der Waals surface area contributed by atoms with E-state index in [4.69, 9.17) is 26.3 Å². The molecule has 0 aliphatic carbocycles. The molecule has 656 valence electrons. The van der Waals surface area contributed by atoms with Gasteiger partial charge in [-0.1, -0.05) is 18.2 Å². The van der Waals surface area contributed by atoms with Crippen LogP contribution in [-0.2, 0) is 68.6 Å². The van der Waals surface area contributed by atoms with E-state index in [1.54, 1.807) is 29.3 Å². The Morgan fingerprint density at radius 1 is 0.413 bits per heavy atom. The van der Waals surface area contributed by atoms with Gasteiger partial charge in [0.25, 0.3) is 29.7 Å². The molecule has 0 unspecified atom stereocenters. The van der Waals surface area contributed by atoms with Gasteiger partial charge in [0, 0.05) is 81.2 Å². The van der Waals surface area contributed by atoms with E-state index >= 15 is 0 Å². The average Bonchev–Trinajstić information content (AvgIpc) is 1.62. The van der Waals surface area contributed by atoms with E-state index in [0.29, 0.717) is 111 Å². The maximum atomic E-state index is 12.9. The van der Waals surface area contributed by atoms with Gasteiger partial charge in [-0.15, -0.1) is 5.06 Å². The first-order valence-corrected chi connectivity index (χ1v) is 44.6. The van der Waals surface area contributed by atoms with E-state index in [9.17, 15) is 93.7 Å². The molecule has 50 heteroatoms. The number of benzene rings is 1. The van der Waals surface area contributed by atoms with Crippen molar-refractivity contribution < 1.29 is 108 Å². The van der Waals surface area contributed by atoms with E-state index in [2.05, 4.69) is 37.2 Å². The molecule has 0 aromatic heterocycles. The summed E-state index contributed by atoms with van der Waals surface area (Å²) in [6.07, 6.45) is 16.4. The molecular weight excluding hydrogens is 1640 g/mol. The van der Waals surface area contributed by atoms with Gasteiger partial charge in [0.2, 0.25) is 29.5 Å². The fraction of sp³-hybridized carbons (Fsp3) is 0.704. The molecule has 0 spiro atoms. The van der Waals surface area contributed by atoms with Crippen LogP contribution in [0.2, 0.25) is 0 Å². The SMILES string of the molecule is O=C(NC1CCNCC1)[C@@H]1CC[C@@H]2CN1C(=O)N2S(=O)(=O)O.O=C[B]N1CCC(NC(=O)[C@@H]2CC[C@@H]3CN2C(=O)N3)CC1.O=C[B]N1CCC(NC(=O)[C@@H]2CC[C@@H]3CN2C(=O)N3O)CC1.O=C[B]N1CCC(NC(=O)[C@@H]2CC[C@@H]3CN2C(=O)N3OC(=S)Oc2ccccc2)CC1.O=C[B]N1CCC(NC(=O)[C@@H]2CC[C@@H]3CN2C(=O)N3S(=O)(=O)O)CC1. The molecule has 16 rings (SSSR count). The van der Waals surface area contributed by atoms with Crippen molar-refractivity contribution in [3.8, 4) is 5.75 Å². The fourth-order valence-corrected chi connectivity index (χ4v) is 20.3. The Morgan fingerprint density at radius 2 is 0.736 bits per heavy atom. The van der Waals surface area contributed by atoms with Crippen molar-refractivity contribution in [3.63, 3.8) is 0 Å². The van der Waals surface area contributed by atoms with E-state index in [0.717, 1.165) is 146 Å². The number of thiocarbonyl (C=S) groups is 1. The van der Waals surface area contributed by atoms with E-state index in [1.807, 2.05) is 37.4 Å². The van der Waals surface area contributed by atoms with Gasteiger partial charge < -0.3 is 110 Å². The maximum Gasteiger partial charge on any atom is 0.383 e. The lowest BCUT2D eigenvalue weighted by Crippen LogP contribution is -2.54. The molecule has 4 radical (unpaired) electrons. The van der Waals surface area contributed by atoms with Crippen molar-refractivity contribution >= 4 is 152 Å². The van der Waals surface area contributed by atoms with Crippen LogP contribution >= 0.6 is 12.2 Å². The number of carbonyl (C=O) groups excluding carboxylic acids is 14. The van der Waals surface area contributed by atoms with Crippen molar-refractivity contribution in [1.29, 1.82) is 0 Å². The molecular formula is C71H104B4N20O23S3. The zero-order chi connectivity index (χ0) is 86.4. The summed E-state index contributed by atoms with van der Waals surface area (Å²) in [5, 5.41) is 32.6. The van der Waals surface area contributed by atoms with Crippen molar-refractivity contribution in [1.82, 2.24) is 99.7 Å². The van der Waals surface area contributed by atoms with Gasteiger partial charge in [-0.2, -0.15) is 25.4 Å². The lowest BCUT2D eigenvalue weighted by molar-refractivity contribution is -0.127. The second-order valence-electron chi connectivity index (χ2n) is 32.5. The molecule has 43 nitrogen and oxygen atoms in total. The number of para-hydroxylation sites is 1. The van der Waals surface area contributed by atoms with E-state index in [-0.39, 0.29) is 114 Å². The van der Waals surface area contributed by atoms with Crippen molar-refractivity contribution in [2.75, 3.05) is 98.2 Å². The third-order valence-corrected chi connectivity index (χ3v) is 26.9. The van der Waals surface area contributed by atoms with Crippen molar-refractivity contribution in [2.45, 2.75) is 219 Å². The predicted molar refractivity (Wildman–Crippen MR) is 436 cm³/mol. The Bertz CT molecular complexity index is 4170. The van der Waals surface area contributed by atoms with Crippen LogP contribution in [0.15, 0.2) is 30.3 Å². The Kier molecular flexibility index (Phi) is 31.4. The highest BCUT2D eigenvalue weighted by Crippen LogP contribution is 2.36. The van der Waals surface area contributed by atoms with Crippen LogP contribution in [0, 0.1) is 0 Å². The summed E-state index contributed by atoms with van der Waals surface area (Å²) in [6.45, 7) is 9.24. The molecule has 10 atom stereocenters. The summed E-state index contributed by atoms with van der Waals surface area (Å²) in [5.74, 6) is -0.341. The summed E-state index contributed by atoms with van der Waals surface area (Å²) in [7, 11) is -3.12. The Morgan fingerprint density at radius 3 is 1.12 bits per heavy atom. The molecule has 1 aromatic carbocycles. The van der Waals surface area contributed by atoms with Gasteiger partial charge in [-0.25, -0.2) is 29.0 Å². The maximum absolute atomic E-state index is 12.9. The fourth-order valence-electron chi connectivity index (χ4n) is 18.4. The van der Waals surface area contributed by atoms with Crippen LogP contribution < -0.4 is 42.0 Å². The quantitative estimate of drug-likeness (QED) is 0.0175. The molecule has 0 saturated carbocycles. The molecule has 10 N–H and O–H groups in total. The summed E-state index contributed by atoms with van der Waals surface area (Å²) in [6, 6.07) is 2.56. The third-order valence-electron chi connectivity index (χ3n) is 24.9. The van der Waals surface area contributed by atoms with Gasteiger partial charge in [-0.3, -0.25) is 38.3 Å². The second-order valence-corrected chi connectivity index (χ2v) is 35.5. The number of nitrogens with one attached hydrogen (secondary N) is 7. The van der Waals surface area contributed by atoms with Gasteiger partial charge in [0.15, 0.2) is 0 Å². The van der Waals surface area contributed by atoms with Gasteiger partial charge in [0.1, 0.15) is 36.0 Å². The summed E-state index contributed by atoms with van der Waals surface area (Å²) >= 11 is 5.14. The molecule has 1 aromatic rings. The first kappa shape index (κ1) is 91.3. The molecule has 15 amide bonds. The molecule has 10 bridgehead atoms. The summed E-state index contributed by atoms with van der Waals surface area (Å²) in [5.41, 5.74) is 0. The molecule has 15 aliphatic rings. The topological polar surface area (TPSA) is 513 Å². The standard InChI is InChI=1S/C20H24BN4O5S.C13H20BN4O6S.C13H20BN4O4.C13H20BN4O3.C12H20N4O5S/c26-13-21-23-10-8-14(9-11-23)22-18(27)17-7-6-15-12-24(17)19(28)25(15)30-20(31)29-16-4-2-1-3-5-16;19-8-14-16-5-3-9(4-6-16)15-12(20)11-2-1-10-7-17(11)13(21)18(10)25(22,23)24;19-8-14-16-5-3-9(4-6-16)15-12(20)11-2-1-10-7-17(11)13(21)18(10)22;19-8-14-17-5-3-9(4-6-17)15-12(20)11-2-1-10-7-18(11)13(21)16-10;17-11(14-8-3-5-13-6-4-8)10-2-1-9-7-15(10)12(18)16(9)22(19,20)21/h1-5,13-15,17H,6-12H2,(H,22,27);8-11H,1-7H2,(H,15,20)(H,22,23,24);8-11,22H,1-7H2,(H,15,20);8-11H,1-7H2,(H,15,20)(H,16,21);8-10,13H,1-7H2,(H,14,17)(H,19,20,21)/t15-,17+;3*10-,11+;9-,10+/m11111/s1. The zero-order valence-corrected chi connectivity index (χ0v) is 69.4. The van der Waals surface area contributed by atoms with Crippen LogP contribution in [0.3, 0.4) is 0 Å². The van der Waals surface area contributed by atoms with Crippen LogP contribution in [0.5, 0.6) is 5.75 Å². The minimum atomic E-state index is -4.62. The van der Waals surface area contributed by atoms with Crippen molar-refractivity contribution in [2.24, 2.45) is 0 Å². The number of rotatable bonds is 22. The van der Waals surface area contributed by atoms with Gasteiger partial charge >= 0.3 is 56.0 Å². The number of ether oxygens (including phenoxy) is 1. The summed E-state index contributed by atoms with van der Waals surface area (Å²) in [4.78, 5) is 186. The highest BCUT2D eigenvalue weighted by atomic mass is 32.2. The molecule has 15 heterocycles. The van der Waals surface area contributed by atoms with Crippen LogP contribution in [0.4, 0.5) is 24.0 Å². The summed E-state index contributed by atoms with van der Waals surface area (Å²) < 4.78 is 70.1.